The van der Waals surface area contributed by atoms with Crippen LogP contribution in [0.4, 0.5) is 5.69 Å². The summed E-state index contributed by atoms with van der Waals surface area (Å²) < 4.78 is 1.64. The lowest BCUT2D eigenvalue weighted by molar-refractivity contribution is 0.886. The van der Waals surface area contributed by atoms with Crippen LogP contribution in [-0.4, -0.2) is 14.6 Å². The number of aromatic nitrogens is 3. The number of nitrogen functional groups attached to an aromatic ring is 1. The molecule has 4 nitrogen and oxygen atoms in total. The second kappa shape index (κ2) is 3.63. The van der Waals surface area contributed by atoms with Crippen molar-refractivity contribution in [3.8, 4) is 0 Å². The Kier molecular flexibility index (Phi) is 2.87. The zero-order chi connectivity index (χ0) is 9.59. The first-order valence-corrected chi connectivity index (χ1v) is 4.25. The molecule has 2 N–H and O–H groups in total. The molecule has 2 aromatic heterocycles. The van der Waals surface area contributed by atoms with E-state index in [0.717, 1.165) is 11.4 Å². The van der Waals surface area contributed by atoms with Gasteiger partial charge in [0.1, 0.15) is 5.69 Å². The van der Waals surface area contributed by atoms with Gasteiger partial charge in [0.15, 0.2) is 10.8 Å². The van der Waals surface area contributed by atoms with Crippen molar-refractivity contribution < 1.29 is 0 Å². The highest BCUT2D eigenvalue weighted by atomic mass is 35.5. The SMILES string of the molecule is Cc1cc(C)n2nc(Cl)c(N)c2n1.Cl. The van der Waals surface area contributed by atoms with E-state index in [1.165, 1.54) is 0 Å². The largest absolute Gasteiger partial charge is 0.393 e. The molecule has 0 aromatic carbocycles. The summed E-state index contributed by atoms with van der Waals surface area (Å²) in [6.07, 6.45) is 0. The van der Waals surface area contributed by atoms with Crippen LogP contribution in [0.25, 0.3) is 5.65 Å². The van der Waals surface area contributed by atoms with Crippen LogP contribution >= 0.6 is 24.0 Å². The molecule has 0 saturated carbocycles. The zero-order valence-electron chi connectivity index (χ0n) is 7.78. The van der Waals surface area contributed by atoms with E-state index >= 15 is 0 Å². The molecule has 0 aliphatic heterocycles. The monoisotopic (exact) mass is 232 g/mol. The number of hydrogen-bond acceptors (Lipinski definition) is 3. The first-order valence-electron chi connectivity index (χ1n) is 3.87. The maximum Gasteiger partial charge on any atom is 0.180 e. The number of nitrogens with zero attached hydrogens (tertiary/aromatic N) is 3. The smallest absolute Gasteiger partial charge is 0.180 e. The van der Waals surface area contributed by atoms with Crippen LogP contribution in [0.15, 0.2) is 6.07 Å². The molecule has 0 atom stereocenters. The molecule has 2 aromatic rings. The number of rotatable bonds is 0. The molecule has 0 saturated heterocycles. The number of fused-ring (bicyclic) bond motifs is 1. The van der Waals surface area contributed by atoms with E-state index in [2.05, 4.69) is 10.1 Å². The minimum atomic E-state index is 0. The number of halogens is 2. The Morgan fingerprint density at radius 1 is 1.43 bits per heavy atom. The molecule has 0 radical (unpaired) electrons. The van der Waals surface area contributed by atoms with Crippen LogP contribution in [0.1, 0.15) is 11.4 Å². The van der Waals surface area contributed by atoms with Crippen molar-refractivity contribution in [2.75, 3.05) is 5.73 Å². The van der Waals surface area contributed by atoms with Crippen LogP contribution in [0.5, 0.6) is 0 Å². The second-order valence-corrected chi connectivity index (χ2v) is 3.34. The topological polar surface area (TPSA) is 56.2 Å². The van der Waals surface area contributed by atoms with Gasteiger partial charge in [0.2, 0.25) is 0 Å². The Bertz CT molecular complexity index is 478. The van der Waals surface area contributed by atoms with E-state index in [4.69, 9.17) is 17.3 Å². The molecule has 0 amide bonds. The van der Waals surface area contributed by atoms with Crippen molar-refractivity contribution in [1.82, 2.24) is 14.6 Å². The number of anilines is 1. The second-order valence-electron chi connectivity index (χ2n) is 2.98. The predicted molar refractivity (Wildman–Crippen MR) is 59.1 cm³/mol. The average molecular weight is 233 g/mol. The average Bonchev–Trinajstić information content (AvgIpc) is 2.32. The van der Waals surface area contributed by atoms with Crippen LogP contribution < -0.4 is 5.73 Å². The molecule has 76 valence electrons. The number of hydrogen-bond donors (Lipinski definition) is 1. The van der Waals surface area contributed by atoms with Gasteiger partial charge in [0.05, 0.1) is 0 Å². The minimum absolute atomic E-state index is 0. The molecule has 2 rings (SSSR count). The molecule has 0 spiro atoms. The van der Waals surface area contributed by atoms with E-state index in [1.54, 1.807) is 4.52 Å². The molecule has 0 bridgehead atoms. The Labute approximate surface area is 92.5 Å². The summed E-state index contributed by atoms with van der Waals surface area (Å²) in [6.45, 7) is 3.85. The van der Waals surface area contributed by atoms with E-state index < -0.39 is 0 Å². The van der Waals surface area contributed by atoms with Crippen molar-refractivity contribution in [2.24, 2.45) is 0 Å². The molecule has 14 heavy (non-hydrogen) atoms. The van der Waals surface area contributed by atoms with Gasteiger partial charge in [-0.3, -0.25) is 0 Å². The highest BCUT2D eigenvalue weighted by Crippen LogP contribution is 2.22. The van der Waals surface area contributed by atoms with Crippen molar-refractivity contribution in [3.63, 3.8) is 0 Å². The summed E-state index contributed by atoms with van der Waals surface area (Å²) >= 11 is 5.78. The Balaban J connectivity index is 0.000000980. The third-order valence-electron chi connectivity index (χ3n) is 1.89. The normalized spacial score (nSPS) is 10.2. The highest BCUT2D eigenvalue weighted by molar-refractivity contribution is 6.32. The molecule has 6 heteroatoms. The third kappa shape index (κ3) is 1.51. The van der Waals surface area contributed by atoms with E-state index in [9.17, 15) is 0 Å². The molecule has 2 heterocycles. The van der Waals surface area contributed by atoms with Crippen molar-refractivity contribution >= 4 is 35.3 Å². The number of aryl methyl sites for hydroxylation is 2. The summed E-state index contributed by atoms with van der Waals surface area (Å²) in [5, 5.41) is 4.35. The lowest BCUT2D eigenvalue weighted by atomic mass is 10.3. The van der Waals surface area contributed by atoms with Crippen LogP contribution in [0, 0.1) is 13.8 Å². The molecular weight excluding hydrogens is 223 g/mol. The maximum absolute atomic E-state index is 5.78. The van der Waals surface area contributed by atoms with Gasteiger partial charge >= 0.3 is 0 Å². The summed E-state index contributed by atoms with van der Waals surface area (Å²) in [5.74, 6) is 0. The summed E-state index contributed by atoms with van der Waals surface area (Å²) in [4.78, 5) is 4.25. The summed E-state index contributed by atoms with van der Waals surface area (Å²) in [5.41, 5.74) is 8.65. The van der Waals surface area contributed by atoms with Crippen molar-refractivity contribution in [2.45, 2.75) is 13.8 Å². The maximum atomic E-state index is 5.78. The van der Waals surface area contributed by atoms with Gasteiger partial charge < -0.3 is 5.73 Å². The Morgan fingerprint density at radius 2 is 2.07 bits per heavy atom. The molecule has 0 unspecified atom stereocenters. The van der Waals surface area contributed by atoms with Crippen molar-refractivity contribution in [1.29, 1.82) is 0 Å². The lowest BCUT2D eigenvalue weighted by Gasteiger charge is -1.99. The zero-order valence-corrected chi connectivity index (χ0v) is 9.35. The van der Waals surface area contributed by atoms with Crippen LogP contribution in [0.2, 0.25) is 5.15 Å². The molecule has 0 fully saturated rings. The first kappa shape index (κ1) is 11.1. The quantitative estimate of drug-likeness (QED) is 0.757. The summed E-state index contributed by atoms with van der Waals surface area (Å²) in [6, 6.07) is 1.93. The van der Waals surface area contributed by atoms with E-state index in [1.807, 2.05) is 19.9 Å². The fourth-order valence-electron chi connectivity index (χ4n) is 1.31. The lowest BCUT2D eigenvalue weighted by Crippen LogP contribution is -1.97. The standard InChI is InChI=1S/C8H9ClN4.ClH/c1-4-3-5(2)13-8(11-4)6(10)7(9)12-13;/h3H,10H2,1-2H3;1H. The molecule has 0 aliphatic rings. The minimum Gasteiger partial charge on any atom is -0.393 e. The third-order valence-corrected chi connectivity index (χ3v) is 2.16. The van der Waals surface area contributed by atoms with E-state index in [0.29, 0.717) is 16.5 Å². The van der Waals surface area contributed by atoms with Crippen LogP contribution in [-0.2, 0) is 0 Å². The van der Waals surface area contributed by atoms with Gasteiger partial charge in [0.25, 0.3) is 0 Å². The Morgan fingerprint density at radius 3 is 2.71 bits per heavy atom. The van der Waals surface area contributed by atoms with Gasteiger partial charge in [-0.1, -0.05) is 11.6 Å². The summed E-state index contributed by atoms with van der Waals surface area (Å²) in [7, 11) is 0. The first-order chi connectivity index (χ1) is 6.09. The fraction of sp³-hybridized carbons (Fsp3) is 0.250. The number of nitrogens with two attached hydrogens (primary N) is 1. The molecule has 0 aliphatic carbocycles. The Hall–Kier alpha value is -1.00. The predicted octanol–water partition coefficient (Wildman–Crippen LogP) is 2.00. The van der Waals surface area contributed by atoms with E-state index in [-0.39, 0.29) is 12.4 Å². The van der Waals surface area contributed by atoms with Gasteiger partial charge in [-0.15, -0.1) is 12.4 Å². The fourth-order valence-corrected chi connectivity index (χ4v) is 1.47. The van der Waals surface area contributed by atoms with Crippen molar-refractivity contribution in [3.05, 3.63) is 22.6 Å². The van der Waals surface area contributed by atoms with Gasteiger partial charge in [0, 0.05) is 11.4 Å². The van der Waals surface area contributed by atoms with Gasteiger partial charge in [-0.2, -0.15) is 5.10 Å². The highest BCUT2D eigenvalue weighted by Gasteiger charge is 2.10. The van der Waals surface area contributed by atoms with Crippen LogP contribution in [0.3, 0.4) is 0 Å². The van der Waals surface area contributed by atoms with Gasteiger partial charge in [-0.05, 0) is 19.9 Å². The van der Waals surface area contributed by atoms with Gasteiger partial charge in [-0.25, -0.2) is 9.50 Å². The molecular formula is C8H10Cl2N4.